The highest BCUT2D eigenvalue weighted by Crippen LogP contribution is 2.14. The van der Waals surface area contributed by atoms with E-state index in [1.807, 2.05) is 25.1 Å². The van der Waals surface area contributed by atoms with Crippen LogP contribution in [0.4, 0.5) is 5.69 Å². The number of ketones is 1. The number of benzene rings is 2. The molecule has 6 heteroatoms. The van der Waals surface area contributed by atoms with Crippen molar-refractivity contribution in [3.05, 3.63) is 64.1 Å². The van der Waals surface area contributed by atoms with Crippen LogP contribution in [-0.4, -0.2) is 24.3 Å². The first-order chi connectivity index (χ1) is 12.0. The van der Waals surface area contributed by atoms with E-state index in [1.165, 1.54) is 0 Å². The third-order valence-electron chi connectivity index (χ3n) is 3.51. The molecular formula is C19H18BrNO4. The molecule has 1 amide bonds. The van der Waals surface area contributed by atoms with Gasteiger partial charge < -0.3 is 10.1 Å². The lowest BCUT2D eigenvalue weighted by Crippen LogP contribution is -2.17. The van der Waals surface area contributed by atoms with Crippen LogP contribution in [0, 0.1) is 6.92 Å². The summed E-state index contributed by atoms with van der Waals surface area (Å²) >= 11 is 3.28. The van der Waals surface area contributed by atoms with Crippen LogP contribution < -0.4 is 5.32 Å². The topological polar surface area (TPSA) is 72.5 Å². The molecule has 0 fully saturated rings. The lowest BCUT2D eigenvalue weighted by atomic mass is 10.1. The molecule has 0 aromatic heterocycles. The molecule has 0 atom stereocenters. The third kappa shape index (κ3) is 6.15. The van der Waals surface area contributed by atoms with Gasteiger partial charge in [0.2, 0.25) is 5.91 Å². The van der Waals surface area contributed by atoms with Crippen LogP contribution in [0.2, 0.25) is 0 Å². The Kier molecular flexibility index (Phi) is 6.89. The van der Waals surface area contributed by atoms with E-state index < -0.39 is 5.97 Å². The SMILES string of the molecule is Cc1ccccc1NC(=O)CCC(=O)OCC(=O)c1ccc(Br)cc1. The highest BCUT2D eigenvalue weighted by Gasteiger charge is 2.12. The highest BCUT2D eigenvalue weighted by atomic mass is 79.9. The van der Waals surface area contributed by atoms with Gasteiger partial charge in [-0.25, -0.2) is 0 Å². The van der Waals surface area contributed by atoms with Crippen molar-refractivity contribution in [2.24, 2.45) is 0 Å². The van der Waals surface area contributed by atoms with Crippen LogP contribution in [0.1, 0.15) is 28.8 Å². The molecule has 0 saturated carbocycles. The zero-order chi connectivity index (χ0) is 18.2. The first kappa shape index (κ1) is 18.9. The molecule has 0 bridgehead atoms. The molecule has 0 spiro atoms. The van der Waals surface area contributed by atoms with E-state index in [2.05, 4.69) is 21.2 Å². The second kappa shape index (κ2) is 9.13. The molecule has 130 valence electrons. The van der Waals surface area contributed by atoms with Crippen LogP contribution >= 0.6 is 15.9 Å². The lowest BCUT2D eigenvalue weighted by Gasteiger charge is -2.08. The van der Waals surface area contributed by atoms with Gasteiger partial charge in [-0.05, 0) is 30.7 Å². The molecule has 2 aromatic carbocycles. The number of halogens is 1. The Labute approximate surface area is 154 Å². The number of esters is 1. The van der Waals surface area contributed by atoms with Gasteiger partial charge in [-0.2, -0.15) is 0 Å². The van der Waals surface area contributed by atoms with E-state index in [9.17, 15) is 14.4 Å². The number of ether oxygens (including phenoxy) is 1. The maximum absolute atomic E-state index is 11.9. The zero-order valence-corrected chi connectivity index (χ0v) is 15.3. The van der Waals surface area contributed by atoms with Crippen molar-refractivity contribution in [2.45, 2.75) is 19.8 Å². The molecule has 2 aromatic rings. The Hall–Kier alpha value is -2.47. The second-order valence-corrected chi connectivity index (χ2v) is 6.37. The fourth-order valence-corrected chi connectivity index (χ4v) is 2.34. The summed E-state index contributed by atoms with van der Waals surface area (Å²) in [7, 11) is 0. The molecule has 0 aliphatic rings. The van der Waals surface area contributed by atoms with Crippen LogP contribution in [0.15, 0.2) is 53.0 Å². The molecule has 0 radical (unpaired) electrons. The maximum Gasteiger partial charge on any atom is 0.306 e. The van der Waals surface area contributed by atoms with Crippen molar-refractivity contribution >= 4 is 39.3 Å². The number of hydrogen-bond acceptors (Lipinski definition) is 4. The number of carbonyl (C=O) groups is 3. The van der Waals surface area contributed by atoms with E-state index in [1.54, 1.807) is 30.3 Å². The van der Waals surface area contributed by atoms with E-state index in [0.29, 0.717) is 11.3 Å². The molecule has 1 N–H and O–H groups in total. The summed E-state index contributed by atoms with van der Waals surface area (Å²) in [5, 5.41) is 2.74. The fraction of sp³-hybridized carbons (Fsp3) is 0.211. The van der Waals surface area contributed by atoms with Crippen LogP contribution in [-0.2, 0) is 14.3 Å². The molecule has 25 heavy (non-hydrogen) atoms. The van der Waals surface area contributed by atoms with Crippen molar-refractivity contribution in [1.82, 2.24) is 0 Å². The maximum atomic E-state index is 11.9. The van der Waals surface area contributed by atoms with Crippen molar-refractivity contribution in [2.75, 3.05) is 11.9 Å². The minimum Gasteiger partial charge on any atom is -0.457 e. The van der Waals surface area contributed by atoms with Crippen molar-refractivity contribution < 1.29 is 19.1 Å². The molecule has 0 heterocycles. The van der Waals surface area contributed by atoms with Crippen molar-refractivity contribution in [3.8, 4) is 0 Å². The first-order valence-electron chi connectivity index (χ1n) is 7.75. The number of Topliss-reactive ketones (excluding diaryl/α,β-unsaturated/α-hetero) is 1. The first-order valence-corrected chi connectivity index (χ1v) is 8.55. The highest BCUT2D eigenvalue weighted by molar-refractivity contribution is 9.10. The molecule has 0 unspecified atom stereocenters. The zero-order valence-electron chi connectivity index (χ0n) is 13.8. The fourth-order valence-electron chi connectivity index (χ4n) is 2.08. The predicted molar refractivity (Wildman–Crippen MR) is 98.5 cm³/mol. The minimum absolute atomic E-state index is 0.000355. The predicted octanol–water partition coefficient (Wildman–Crippen LogP) is 3.90. The van der Waals surface area contributed by atoms with E-state index >= 15 is 0 Å². The number of amides is 1. The summed E-state index contributed by atoms with van der Waals surface area (Å²) in [6.07, 6.45) is -0.0784. The number of rotatable bonds is 7. The molecule has 0 aliphatic carbocycles. The minimum atomic E-state index is -0.578. The molecule has 2 rings (SSSR count). The van der Waals surface area contributed by atoms with Crippen LogP contribution in [0.5, 0.6) is 0 Å². The van der Waals surface area contributed by atoms with Gasteiger partial charge in [-0.1, -0.05) is 46.3 Å². The van der Waals surface area contributed by atoms with Crippen molar-refractivity contribution in [1.29, 1.82) is 0 Å². The number of nitrogens with one attached hydrogen (secondary N) is 1. The molecule has 0 saturated heterocycles. The Morgan fingerprint density at radius 2 is 1.68 bits per heavy atom. The molecular weight excluding hydrogens is 386 g/mol. The van der Waals surface area contributed by atoms with Gasteiger partial charge in [0.15, 0.2) is 12.4 Å². The standard InChI is InChI=1S/C19H18BrNO4/c1-13-4-2-3-5-16(13)21-18(23)10-11-19(24)25-12-17(22)14-6-8-15(20)9-7-14/h2-9H,10-12H2,1H3,(H,21,23). The van der Waals surface area contributed by atoms with E-state index in [0.717, 1.165) is 10.0 Å². The number of hydrogen-bond donors (Lipinski definition) is 1. The van der Waals surface area contributed by atoms with Gasteiger partial charge in [0.1, 0.15) is 0 Å². The monoisotopic (exact) mass is 403 g/mol. The summed E-state index contributed by atoms with van der Waals surface area (Å²) in [5.74, 6) is -1.14. The summed E-state index contributed by atoms with van der Waals surface area (Å²) in [6, 6.07) is 14.2. The van der Waals surface area contributed by atoms with Gasteiger partial charge in [-0.15, -0.1) is 0 Å². The molecule has 5 nitrogen and oxygen atoms in total. The Bertz CT molecular complexity index is 771. The Balaban J connectivity index is 1.73. The number of anilines is 1. The number of carbonyl (C=O) groups excluding carboxylic acids is 3. The van der Waals surface area contributed by atoms with E-state index in [-0.39, 0.29) is 31.1 Å². The summed E-state index contributed by atoms with van der Waals surface area (Å²) < 4.78 is 5.79. The summed E-state index contributed by atoms with van der Waals surface area (Å²) in [6.45, 7) is 1.55. The largest absolute Gasteiger partial charge is 0.457 e. The normalized spacial score (nSPS) is 10.2. The Morgan fingerprint density at radius 1 is 1.00 bits per heavy atom. The Morgan fingerprint density at radius 3 is 2.36 bits per heavy atom. The third-order valence-corrected chi connectivity index (χ3v) is 4.03. The smallest absolute Gasteiger partial charge is 0.306 e. The van der Waals surface area contributed by atoms with Gasteiger partial charge >= 0.3 is 5.97 Å². The quantitative estimate of drug-likeness (QED) is 0.561. The van der Waals surface area contributed by atoms with Gasteiger partial charge in [0, 0.05) is 22.1 Å². The lowest BCUT2D eigenvalue weighted by molar-refractivity contribution is -0.143. The summed E-state index contributed by atoms with van der Waals surface area (Å²) in [4.78, 5) is 35.5. The van der Waals surface area contributed by atoms with Gasteiger partial charge in [-0.3, -0.25) is 14.4 Å². The van der Waals surface area contributed by atoms with Gasteiger partial charge in [0.05, 0.1) is 6.42 Å². The molecule has 0 aliphatic heterocycles. The number of para-hydroxylation sites is 1. The van der Waals surface area contributed by atoms with Crippen LogP contribution in [0.25, 0.3) is 0 Å². The number of aryl methyl sites for hydroxylation is 1. The summed E-state index contributed by atoms with van der Waals surface area (Å²) in [5.41, 5.74) is 2.12. The average molecular weight is 404 g/mol. The van der Waals surface area contributed by atoms with Crippen LogP contribution in [0.3, 0.4) is 0 Å². The average Bonchev–Trinajstić information content (AvgIpc) is 2.60. The van der Waals surface area contributed by atoms with E-state index in [4.69, 9.17) is 4.74 Å². The van der Waals surface area contributed by atoms with Crippen molar-refractivity contribution in [3.63, 3.8) is 0 Å². The second-order valence-electron chi connectivity index (χ2n) is 5.45. The van der Waals surface area contributed by atoms with Gasteiger partial charge in [0.25, 0.3) is 0 Å².